The van der Waals surface area contributed by atoms with Crippen molar-refractivity contribution in [3.05, 3.63) is 0 Å². The predicted molar refractivity (Wildman–Crippen MR) is 69.0 cm³/mol. The van der Waals surface area contributed by atoms with Gasteiger partial charge in [-0.05, 0) is 38.0 Å². The maximum absolute atomic E-state index is 10.2. The zero-order valence-electron chi connectivity index (χ0n) is 12.4. The van der Waals surface area contributed by atoms with Crippen LogP contribution < -0.4 is 0 Å². The molecular formula is C15H24O5. The molecule has 2 bridgehead atoms. The molecule has 0 aromatic heterocycles. The normalized spacial score (nSPS) is 61.8. The van der Waals surface area contributed by atoms with E-state index in [0.717, 1.165) is 19.3 Å². The third-order valence-corrected chi connectivity index (χ3v) is 6.12. The maximum Gasteiger partial charge on any atom is 0.201 e. The number of rotatable bonds is 0. The lowest BCUT2D eigenvalue weighted by atomic mass is 9.58. The van der Waals surface area contributed by atoms with Gasteiger partial charge in [-0.15, -0.1) is 0 Å². The quantitative estimate of drug-likeness (QED) is 0.691. The molecule has 4 heterocycles. The Morgan fingerprint density at radius 2 is 1.85 bits per heavy atom. The highest BCUT2D eigenvalue weighted by molar-refractivity contribution is 5.08. The van der Waals surface area contributed by atoms with E-state index in [1.807, 2.05) is 13.8 Å². The van der Waals surface area contributed by atoms with Crippen LogP contribution in [-0.4, -0.2) is 29.1 Å². The Kier molecular flexibility index (Phi) is 2.81. The molecule has 5 heteroatoms. The van der Waals surface area contributed by atoms with Gasteiger partial charge in [0, 0.05) is 18.3 Å². The molecule has 20 heavy (non-hydrogen) atoms. The van der Waals surface area contributed by atoms with E-state index in [-0.39, 0.29) is 11.8 Å². The Labute approximate surface area is 119 Å². The summed E-state index contributed by atoms with van der Waals surface area (Å²) in [6.45, 7) is 6.22. The number of aliphatic hydroxyl groups excluding tert-OH is 1. The molecule has 114 valence electrons. The third kappa shape index (κ3) is 1.56. The second kappa shape index (κ2) is 4.17. The van der Waals surface area contributed by atoms with E-state index in [1.165, 1.54) is 6.42 Å². The van der Waals surface area contributed by atoms with Gasteiger partial charge in [0.15, 0.2) is 18.2 Å². The molecule has 4 saturated heterocycles. The first-order valence-electron chi connectivity index (χ1n) is 7.84. The van der Waals surface area contributed by atoms with Crippen LogP contribution in [0.25, 0.3) is 0 Å². The van der Waals surface area contributed by atoms with Gasteiger partial charge in [-0.1, -0.05) is 13.8 Å². The second-order valence-electron chi connectivity index (χ2n) is 7.30. The van der Waals surface area contributed by atoms with Crippen LogP contribution >= 0.6 is 0 Å². The Morgan fingerprint density at radius 1 is 1.05 bits per heavy atom. The van der Waals surface area contributed by atoms with Gasteiger partial charge in [-0.3, -0.25) is 0 Å². The molecule has 1 N–H and O–H groups in total. The molecule has 1 aliphatic carbocycles. The molecule has 6 unspecified atom stereocenters. The van der Waals surface area contributed by atoms with Crippen molar-refractivity contribution in [2.24, 2.45) is 23.7 Å². The largest absolute Gasteiger partial charge is 0.368 e. The first-order chi connectivity index (χ1) is 9.46. The molecule has 8 atom stereocenters. The van der Waals surface area contributed by atoms with Crippen LogP contribution in [0.15, 0.2) is 0 Å². The molecule has 0 amide bonds. The van der Waals surface area contributed by atoms with Crippen LogP contribution in [0.3, 0.4) is 0 Å². The van der Waals surface area contributed by atoms with Crippen molar-refractivity contribution in [1.82, 2.24) is 0 Å². The van der Waals surface area contributed by atoms with Crippen LogP contribution in [0.2, 0.25) is 0 Å². The Bertz CT molecular complexity index is 411. The molecule has 0 radical (unpaired) electrons. The van der Waals surface area contributed by atoms with Gasteiger partial charge in [0.2, 0.25) is 5.79 Å². The van der Waals surface area contributed by atoms with Gasteiger partial charge >= 0.3 is 0 Å². The summed E-state index contributed by atoms with van der Waals surface area (Å²) in [6, 6.07) is 0. The summed E-state index contributed by atoms with van der Waals surface area (Å²) in [5.41, 5.74) is -0.549. The summed E-state index contributed by atoms with van der Waals surface area (Å²) in [6.07, 6.45) is 2.72. The first-order valence-corrected chi connectivity index (χ1v) is 7.84. The molecule has 0 aromatic rings. The standard InChI is InChI=1S/C15H24O5/c1-8-4-5-11-9(2)12(16)17-13-15(11)10(8)6-7-14(3,18-13)19-20-15/h8-13,16H,4-7H2,1-3H3/t8?,9?,10?,11?,12?,13?,14-,15-/m1/s1. The minimum atomic E-state index is -0.781. The average molecular weight is 284 g/mol. The molecule has 4 aliphatic heterocycles. The van der Waals surface area contributed by atoms with Crippen molar-refractivity contribution in [2.45, 2.75) is 70.4 Å². The lowest BCUT2D eigenvalue weighted by Gasteiger charge is -2.59. The van der Waals surface area contributed by atoms with E-state index in [1.54, 1.807) is 0 Å². The van der Waals surface area contributed by atoms with Crippen LogP contribution in [0.5, 0.6) is 0 Å². The summed E-state index contributed by atoms with van der Waals surface area (Å²) in [5.74, 6) is 0.437. The molecule has 5 fully saturated rings. The molecule has 5 nitrogen and oxygen atoms in total. The second-order valence-corrected chi connectivity index (χ2v) is 7.30. The van der Waals surface area contributed by atoms with Crippen LogP contribution in [0, 0.1) is 23.7 Å². The number of fused-ring (bicyclic) bond motifs is 2. The van der Waals surface area contributed by atoms with Crippen molar-refractivity contribution >= 4 is 0 Å². The Balaban J connectivity index is 1.82. The minimum Gasteiger partial charge on any atom is -0.368 e. The lowest BCUT2D eigenvalue weighted by molar-refractivity contribution is -0.576. The van der Waals surface area contributed by atoms with Gasteiger partial charge in [-0.25, -0.2) is 9.78 Å². The van der Waals surface area contributed by atoms with Gasteiger partial charge in [0.1, 0.15) is 0 Å². The van der Waals surface area contributed by atoms with E-state index < -0.39 is 24.0 Å². The van der Waals surface area contributed by atoms with Crippen LogP contribution in [0.4, 0.5) is 0 Å². The van der Waals surface area contributed by atoms with E-state index in [2.05, 4.69) is 6.92 Å². The van der Waals surface area contributed by atoms with Gasteiger partial charge < -0.3 is 14.6 Å². The first kappa shape index (κ1) is 13.5. The van der Waals surface area contributed by atoms with Gasteiger partial charge in [-0.2, -0.15) is 0 Å². The fourth-order valence-corrected chi connectivity index (χ4v) is 4.89. The molecule has 1 spiro atoms. The Hall–Kier alpha value is -0.200. The summed E-state index contributed by atoms with van der Waals surface area (Å²) in [7, 11) is 0. The van der Waals surface area contributed by atoms with Crippen molar-refractivity contribution in [2.75, 3.05) is 0 Å². The van der Waals surface area contributed by atoms with Crippen LogP contribution in [-0.2, 0) is 19.2 Å². The average Bonchev–Trinajstić information content (AvgIpc) is 2.63. The summed E-state index contributed by atoms with van der Waals surface area (Å²) < 4.78 is 11.9. The topological polar surface area (TPSA) is 57.2 Å². The summed E-state index contributed by atoms with van der Waals surface area (Å²) in [4.78, 5) is 11.6. The minimum absolute atomic E-state index is 0.0379. The highest BCUT2D eigenvalue weighted by Gasteiger charge is 2.69. The smallest absolute Gasteiger partial charge is 0.201 e. The van der Waals surface area contributed by atoms with E-state index in [9.17, 15) is 5.11 Å². The van der Waals surface area contributed by atoms with Crippen LogP contribution in [0.1, 0.15) is 46.5 Å². The fourth-order valence-electron chi connectivity index (χ4n) is 4.89. The molecular weight excluding hydrogens is 260 g/mol. The number of hydrogen-bond donors (Lipinski definition) is 1. The van der Waals surface area contributed by atoms with Crippen molar-refractivity contribution in [3.63, 3.8) is 0 Å². The number of ether oxygens (including phenoxy) is 2. The van der Waals surface area contributed by atoms with Gasteiger partial charge in [0.05, 0.1) is 0 Å². The molecule has 5 aliphatic rings. The zero-order valence-corrected chi connectivity index (χ0v) is 12.4. The van der Waals surface area contributed by atoms with Crippen molar-refractivity contribution < 1.29 is 24.4 Å². The highest BCUT2D eigenvalue weighted by Crippen LogP contribution is 2.60. The van der Waals surface area contributed by atoms with Crippen molar-refractivity contribution in [1.29, 1.82) is 0 Å². The third-order valence-electron chi connectivity index (χ3n) is 6.12. The lowest BCUT2D eigenvalue weighted by Crippen LogP contribution is -2.70. The molecule has 5 rings (SSSR count). The highest BCUT2D eigenvalue weighted by atomic mass is 17.3. The zero-order chi connectivity index (χ0) is 14.1. The molecule has 0 aromatic carbocycles. The predicted octanol–water partition coefficient (Wildman–Crippen LogP) is 2.19. The monoisotopic (exact) mass is 284 g/mol. The SMILES string of the molecule is CC1CCC2C(C)C(O)OC3O[C@@]4(C)CCC1[C@]32OO4. The summed E-state index contributed by atoms with van der Waals surface area (Å²) >= 11 is 0. The van der Waals surface area contributed by atoms with Gasteiger partial charge in [0.25, 0.3) is 0 Å². The Morgan fingerprint density at radius 3 is 2.65 bits per heavy atom. The van der Waals surface area contributed by atoms with E-state index >= 15 is 0 Å². The summed E-state index contributed by atoms with van der Waals surface area (Å²) in [5, 5.41) is 10.2. The fraction of sp³-hybridized carbons (Fsp3) is 1.00. The maximum atomic E-state index is 10.2. The van der Waals surface area contributed by atoms with E-state index in [0.29, 0.717) is 11.8 Å². The number of aliphatic hydroxyl groups is 1. The van der Waals surface area contributed by atoms with Crippen molar-refractivity contribution in [3.8, 4) is 0 Å². The number of hydrogen-bond acceptors (Lipinski definition) is 5. The molecule has 1 saturated carbocycles. The van der Waals surface area contributed by atoms with E-state index in [4.69, 9.17) is 19.2 Å².